The number of rotatable bonds is 6. The van der Waals surface area contributed by atoms with Crippen molar-refractivity contribution in [1.82, 2.24) is 8.89 Å². The quantitative estimate of drug-likeness (QED) is 0.177. The molecule has 1 aliphatic rings. The lowest BCUT2D eigenvalue weighted by atomic mass is 10.3. The van der Waals surface area contributed by atoms with Crippen molar-refractivity contribution in [3.63, 3.8) is 0 Å². The largest absolute Gasteiger partial charge is 0.440 e. The Hall–Kier alpha value is -3.22. The highest BCUT2D eigenvalue weighted by atomic mass is 32.5. The van der Waals surface area contributed by atoms with E-state index in [2.05, 4.69) is 48.5 Å². The average Bonchev–Trinajstić information content (AvgIpc) is 3.03. The summed E-state index contributed by atoms with van der Waals surface area (Å²) in [5.41, 5.74) is 0. The molecule has 0 unspecified atom stereocenters. The zero-order chi connectivity index (χ0) is 27.6. The van der Waals surface area contributed by atoms with Gasteiger partial charge in [0.2, 0.25) is 0 Å². The maximum atomic E-state index is 7.72. The Morgan fingerprint density at radius 1 is 0.500 bits per heavy atom. The summed E-state index contributed by atoms with van der Waals surface area (Å²) in [5.74, 6) is 15.1. The highest BCUT2D eigenvalue weighted by Gasteiger charge is 2.68. The van der Waals surface area contributed by atoms with E-state index in [1.807, 2.05) is 103 Å². The first-order valence-corrected chi connectivity index (χ1v) is 19.2. The van der Waals surface area contributed by atoms with Crippen LogP contribution in [0.5, 0.6) is 5.75 Å². The van der Waals surface area contributed by atoms with E-state index in [4.69, 9.17) is 32.1 Å². The van der Waals surface area contributed by atoms with Crippen molar-refractivity contribution >= 4 is 56.1 Å². The maximum Gasteiger partial charge on any atom is 0.351 e. The van der Waals surface area contributed by atoms with Crippen molar-refractivity contribution in [3.05, 3.63) is 152 Å². The Bertz CT molecular complexity index is 1440. The normalized spacial score (nSPS) is 18.1. The average molecular weight is 597 g/mol. The third-order valence-corrected chi connectivity index (χ3v) is 22.2. The van der Waals surface area contributed by atoms with Crippen LogP contribution in [0.25, 0.3) is 0 Å². The van der Waals surface area contributed by atoms with Crippen molar-refractivity contribution in [1.29, 1.82) is 0 Å². The number of nitrogens with two attached hydrogens (primary N) is 2. The number of para-hydroxylation sites is 1. The standard InChI is InChI=1S/C30H29N4O2PSSi2/c31-33-37(38,35-26-16-6-1-7-17-26)34(32)40(29-22-12-4-13-23-29,30-24-14-5-15-25-30)36-39(33,27-18-8-2-9-19-27)28-20-10-3-11-21-28/h1-25H,31-32H2. The van der Waals surface area contributed by atoms with Crippen molar-refractivity contribution in [2.75, 3.05) is 0 Å². The zero-order valence-corrected chi connectivity index (χ0v) is 25.4. The molecule has 1 saturated heterocycles. The van der Waals surface area contributed by atoms with Crippen LogP contribution in [-0.2, 0) is 15.9 Å². The van der Waals surface area contributed by atoms with E-state index in [-0.39, 0.29) is 0 Å². The summed E-state index contributed by atoms with van der Waals surface area (Å²) >= 11 is 6.56. The molecule has 1 fully saturated rings. The highest BCUT2D eigenvalue weighted by Crippen LogP contribution is 2.58. The molecule has 0 spiro atoms. The molecule has 10 heteroatoms. The van der Waals surface area contributed by atoms with E-state index >= 15 is 0 Å². The van der Waals surface area contributed by atoms with Crippen molar-refractivity contribution in [2.45, 2.75) is 0 Å². The van der Waals surface area contributed by atoms with Gasteiger partial charge in [0.05, 0.1) is 0 Å². The molecule has 6 rings (SSSR count). The van der Waals surface area contributed by atoms with Crippen LogP contribution < -0.4 is 37.0 Å². The van der Waals surface area contributed by atoms with Crippen LogP contribution in [0.4, 0.5) is 0 Å². The van der Waals surface area contributed by atoms with Gasteiger partial charge in [0, 0.05) is 0 Å². The Labute approximate surface area is 242 Å². The molecule has 200 valence electrons. The monoisotopic (exact) mass is 596 g/mol. The minimum atomic E-state index is -3.50. The summed E-state index contributed by atoms with van der Waals surface area (Å²) in [6.07, 6.45) is 0. The minimum absolute atomic E-state index is 0.603. The molecule has 4 N–H and O–H groups in total. The predicted octanol–water partition coefficient (Wildman–Crippen LogP) is 3.18. The summed E-state index contributed by atoms with van der Waals surface area (Å²) in [4.78, 5) is 0. The first-order valence-electron chi connectivity index (χ1n) is 12.9. The molecule has 40 heavy (non-hydrogen) atoms. The van der Waals surface area contributed by atoms with Crippen LogP contribution in [0.1, 0.15) is 0 Å². The van der Waals surface area contributed by atoms with Gasteiger partial charge in [0.1, 0.15) is 5.75 Å². The number of benzene rings is 5. The van der Waals surface area contributed by atoms with Gasteiger partial charge in [-0.25, -0.2) is 0 Å². The Balaban J connectivity index is 1.73. The van der Waals surface area contributed by atoms with Crippen molar-refractivity contribution in [3.8, 4) is 5.75 Å². The molecule has 0 bridgehead atoms. The van der Waals surface area contributed by atoms with Gasteiger partial charge in [-0.1, -0.05) is 140 Å². The summed E-state index contributed by atoms with van der Waals surface area (Å²) < 4.78 is 17.9. The van der Waals surface area contributed by atoms with Crippen LogP contribution in [-0.4, -0.2) is 25.8 Å². The molecular formula is C30H29N4O2PSSi2. The van der Waals surface area contributed by atoms with Gasteiger partial charge >= 0.3 is 17.0 Å². The molecule has 0 atom stereocenters. The fourth-order valence-electron chi connectivity index (χ4n) is 5.23. The van der Waals surface area contributed by atoms with Gasteiger partial charge in [-0.05, 0) is 44.7 Å². The second-order valence-corrected chi connectivity index (χ2v) is 20.3. The summed E-state index contributed by atoms with van der Waals surface area (Å²) in [6.45, 7) is -3.37. The second-order valence-electron chi connectivity index (χ2n) is 9.44. The molecule has 6 nitrogen and oxygen atoms in total. The molecule has 5 aromatic rings. The molecule has 0 radical (unpaired) electrons. The molecule has 5 aromatic carbocycles. The summed E-state index contributed by atoms with van der Waals surface area (Å²) in [7, 11) is -7.00. The van der Waals surface area contributed by atoms with E-state index in [0.29, 0.717) is 5.75 Å². The smallest absolute Gasteiger partial charge is 0.351 e. The number of hydrazine groups is 2. The molecule has 0 aromatic heterocycles. The fourth-order valence-corrected chi connectivity index (χ4v) is 23.0. The Kier molecular flexibility index (Phi) is 7.41. The van der Waals surface area contributed by atoms with E-state index in [9.17, 15) is 0 Å². The zero-order valence-electron chi connectivity index (χ0n) is 21.7. The first kappa shape index (κ1) is 27.0. The number of hydrogen-bond acceptors (Lipinski definition) is 5. The summed E-state index contributed by atoms with van der Waals surface area (Å²) in [6, 6.07) is 50.1. The van der Waals surface area contributed by atoms with Crippen LogP contribution in [0.15, 0.2) is 152 Å². The first-order chi connectivity index (χ1) is 19.5. The molecular weight excluding hydrogens is 568 g/mol. The number of hydrogen-bond donors (Lipinski definition) is 2. The lowest BCUT2D eigenvalue weighted by molar-refractivity contribution is 0.363. The van der Waals surface area contributed by atoms with E-state index in [1.54, 1.807) is 8.89 Å². The molecule has 0 amide bonds. The van der Waals surface area contributed by atoms with Crippen LogP contribution in [0, 0.1) is 0 Å². The van der Waals surface area contributed by atoms with Crippen LogP contribution in [0.3, 0.4) is 0 Å². The SMILES string of the molecule is NN1[Si](c2ccccc2)(c2ccccc2)O[Si](c2ccccc2)(c2ccccc2)N(N)P1(=S)Oc1ccccc1. The topological polar surface area (TPSA) is 77.0 Å². The number of nitrogens with zero attached hydrogens (tertiary/aromatic N) is 2. The van der Waals surface area contributed by atoms with Crippen LogP contribution in [0.2, 0.25) is 0 Å². The van der Waals surface area contributed by atoms with Gasteiger partial charge in [0.25, 0.3) is 6.57 Å². The predicted molar refractivity (Wildman–Crippen MR) is 170 cm³/mol. The third-order valence-electron chi connectivity index (χ3n) is 7.11. The molecule has 1 aliphatic heterocycles. The molecule has 0 saturated carbocycles. The van der Waals surface area contributed by atoms with Gasteiger partial charge < -0.3 is 8.64 Å². The lowest BCUT2D eigenvalue weighted by Crippen LogP contribution is -2.88. The highest BCUT2D eigenvalue weighted by molar-refractivity contribution is 8.11. The minimum Gasteiger partial charge on any atom is -0.440 e. The molecule has 1 heterocycles. The van der Waals surface area contributed by atoms with E-state index in [1.165, 1.54) is 0 Å². The van der Waals surface area contributed by atoms with Crippen molar-refractivity contribution in [2.24, 2.45) is 11.7 Å². The third kappa shape index (κ3) is 4.33. The Morgan fingerprint density at radius 2 is 0.775 bits per heavy atom. The Morgan fingerprint density at radius 3 is 1.07 bits per heavy atom. The maximum absolute atomic E-state index is 7.72. The fraction of sp³-hybridized carbons (Fsp3) is 0. The summed E-state index contributed by atoms with van der Waals surface area (Å²) in [5, 5.41) is 3.86. The van der Waals surface area contributed by atoms with Gasteiger partial charge in [0.15, 0.2) is 0 Å². The van der Waals surface area contributed by atoms with Gasteiger partial charge in [-0.2, -0.15) is 8.89 Å². The van der Waals surface area contributed by atoms with Gasteiger partial charge in [-0.15, -0.1) is 0 Å². The lowest BCUT2D eigenvalue weighted by Gasteiger charge is -2.58. The van der Waals surface area contributed by atoms with E-state index in [0.717, 1.165) is 20.7 Å². The van der Waals surface area contributed by atoms with E-state index < -0.39 is 23.5 Å². The van der Waals surface area contributed by atoms with Crippen molar-refractivity contribution < 1.29 is 8.64 Å². The van der Waals surface area contributed by atoms with Crippen LogP contribution >= 0.6 is 6.57 Å². The second kappa shape index (κ2) is 11.0. The molecule has 0 aliphatic carbocycles. The van der Waals surface area contributed by atoms with Gasteiger partial charge in [-0.3, -0.25) is 11.7 Å².